The summed E-state index contributed by atoms with van der Waals surface area (Å²) in [6.07, 6.45) is 0.122. The zero-order valence-corrected chi connectivity index (χ0v) is 12.0. The van der Waals surface area contributed by atoms with Crippen molar-refractivity contribution in [1.82, 2.24) is 4.90 Å². The third-order valence-electron chi connectivity index (χ3n) is 2.86. The number of ether oxygens (including phenoxy) is 1. The summed E-state index contributed by atoms with van der Waals surface area (Å²) in [7, 11) is 0. The lowest BCUT2D eigenvalue weighted by atomic mass is 9.90. The molecule has 1 amide bonds. The molecule has 0 aromatic heterocycles. The van der Waals surface area contributed by atoms with E-state index in [1.165, 1.54) is 0 Å². The van der Waals surface area contributed by atoms with Crippen LogP contribution in [0, 0.1) is 5.41 Å². The fourth-order valence-corrected chi connectivity index (χ4v) is 1.19. The Morgan fingerprint density at radius 2 is 1.42 bits per heavy atom. The van der Waals surface area contributed by atoms with E-state index in [2.05, 4.69) is 20.8 Å². The second-order valence-electron chi connectivity index (χ2n) is 6.42. The summed E-state index contributed by atoms with van der Waals surface area (Å²) in [5, 5.41) is 0. The van der Waals surface area contributed by atoms with Crippen molar-refractivity contribution < 1.29 is 9.53 Å². The average Bonchev–Trinajstić information content (AvgIpc) is 1.98. The second kappa shape index (κ2) is 9.35. The minimum atomic E-state index is -0.191. The van der Waals surface area contributed by atoms with Crippen LogP contribution in [0.15, 0.2) is 0 Å². The molecule has 0 aliphatic carbocycles. The number of hydrogen-bond acceptors (Lipinski definition) is 2. The topological polar surface area (TPSA) is 29.5 Å². The lowest BCUT2D eigenvalue weighted by Gasteiger charge is -2.37. The molecule has 0 heterocycles. The molecule has 0 aliphatic rings. The van der Waals surface area contributed by atoms with Gasteiger partial charge in [0.2, 0.25) is 5.91 Å². The minimum absolute atomic E-state index is 0. The van der Waals surface area contributed by atoms with Gasteiger partial charge in [0, 0.05) is 12.5 Å². The van der Waals surface area contributed by atoms with Crippen LogP contribution in [0.5, 0.6) is 0 Å². The molecule has 0 aromatic carbocycles. The first-order chi connectivity index (χ1) is 6.96. The van der Waals surface area contributed by atoms with E-state index in [-0.39, 0.29) is 45.2 Å². The van der Waals surface area contributed by atoms with Gasteiger partial charge in [-0.2, -0.15) is 0 Å². The second-order valence-corrected chi connectivity index (χ2v) is 6.42. The summed E-state index contributed by atoms with van der Waals surface area (Å²) in [4.78, 5) is 13.2. The molecule has 0 spiro atoms. The highest BCUT2D eigenvalue weighted by Crippen LogP contribution is 2.23. The van der Waals surface area contributed by atoms with Gasteiger partial charge in [0.05, 0.1) is 6.10 Å². The maximum atomic E-state index is 11.5. The van der Waals surface area contributed by atoms with Gasteiger partial charge in [0.15, 0.2) is 0 Å². The summed E-state index contributed by atoms with van der Waals surface area (Å²) < 4.78 is 5.76. The van der Waals surface area contributed by atoms with Crippen LogP contribution in [-0.4, -0.2) is 29.2 Å². The molecule has 0 bridgehead atoms. The predicted molar refractivity (Wildman–Crippen MR) is 87.3 cm³/mol. The smallest absolute Gasteiger partial charge is 0.221 e. The first-order valence-corrected chi connectivity index (χ1v) is 5.86. The van der Waals surface area contributed by atoms with Gasteiger partial charge < -0.3 is 9.64 Å². The van der Waals surface area contributed by atoms with Crippen LogP contribution in [-0.2, 0) is 9.53 Å². The molecule has 0 N–H and O–H groups in total. The van der Waals surface area contributed by atoms with Crippen LogP contribution < -0.4 is 0 Å². The zero-order valence-electron chi connectivity index (χ0n) is 12.0. The highest BCUT2D eigenvalue weighted by atomic mass is 16.5. The molecule has 0 aliphatic heterocycles. The van der Waals surface area contributed by atoms with Crippen LogP contribution in [0.3, 0.4) is 0 Å². The Bertz CT molecular complexity index is 236. The number of rotatable bonds is 3. The number of amides is 1. The van der Waals surface area contributed by atoms with Crippen LogP contribution in [0.25, 0.3) is 0 Å². The van der Waals surface area contributed by atoms with E-state index in [0.717, 1.165) is 0 Å². The highest BCUT2D eigenvalue weighted by Gasteiger charge is 2.27. The van der Waals surface area contributed by atoms with Gasteiger partial charge in [-0.1, -0.05) is 43.1 Å². The molecule has 3 nitrogen and oxygen atoms in total. The van der Waals surface area contributed by atoms with Crippen molar-refractivity contribution in [2.75, 3.05) is 6.73 Å². The fraction of sp³-hybridized carbons (Fsp3) is 0.938. The standard InChI is InChI=1S/C13H27NO2.3CH4/c1-10(12(3,4)5)16-9-14(11(2)15)13(6,7)8;;;/h10H,9H2,1-8H3;3*1H4. The molecule has 120 valence electrons. The van der Waals surface area contributed by atoms with E-state index in [1.807, 2.05) is 27.7 Å². The van der Waals surface area contributed by atoms with Gasteiger partial charge in [-0.15, -0.1) is 0 Å². The SMILES string of the molecule is C.C.C.CC(=O)N(COC(C)C(C)(C)C)C(C)(C)C. The normalized spacial score (nSPS) is 12.4. The molecule has 3 heteroatoms. The Balaban J connectivity index is -0.000000375. The Kier molecular flexibility index (Phi) is 13.2. The first kappa shape index (κ1) is 26.9. The van der Waals surface area contributed by atoms with Crippen molar-refractivity contribution in [3.8, 4) is 0 Å². The van der Waals surface area contributed by atoms with Crippen molar-refractivity contribution in [2.45, 2.75) is 89.3 Å². The summed E-state index contributed by atoms with van der Waals surface area (Å²) >= 11 is 0. The lowest BCUT2D eigenvalue weighted by Crippen LogP contribution is -2.47. The Hall–Kier alpha value is -0.570. The van der Waals surface area contributed by atoms with E-state index < -0.39 is 0 Å². The summed E-state index contributed by atoms with van der Waals surface area (Å²) in [5.41, 5.74) is -0.0935. The number of hydrogen-bond donors (Lipinski definition) is 0. The molecular formula is C16H39NO2. The molecular weight excluding hydrogens is 238 g/mol. The van der Waals surface area contributed by atoms with Crippen LogP contribution >= 0.6 is 0 Å². The molecule has 0 rings (SSSR count). The number of carbonyl (C=O) groups is 1. The predicted octanol–water partition coefficient (Wildman–Crippen LogP) is 4.95. The molecule has 0 radical (unpaired) electrons. The largest absolute Gasteiger partial charge is 0.358 e. The zero-order chi connectivity index (χ0) is 13.1. The summed E-state index contributed by atoms with van der Waals surface area (Å²) in [6, 6.07) is 0. The van der Waals surface area contributed by atoms with E-state index in [0.29, 0.717) is 6.73 Å². The van der Waals surface area contributed by atoms with Gasteiger partial charge in [0.25, 0.3) is 0 Å². The lowest BCUT2D eigenvalue weighted by molar-refractivity contribution is -0.147. The van der Waals surface area contributed by atoms with Crippen LogP contribution in [0.1, 0.15) is 77.7 Å². The monoisotopic (exact) mass is 277 g/mol. The number of nitrogens with zero attached hydrogens (tertiary/aromatic N) is 1. The maximum Gasteiger partial charge on any atom is 0.221 e. The Morgan fingerprint density at radius 3 is 1.63 bits per heavy atom. The Labute approximate surface area is 122 Å². The highest BCUT2D eigenvalue weighted by molar-refractivity contribution is 5.73. The van der Waals surface area contributed by atoms with Gasteiger partial charge >= 0.3 is 0 Å². The van der Waals surface area contributed by atoms with Crippen LogP contribution in [0.4, 0.5) is 0 Å². The maximum absolute atomic E-state index is 11.5. The third-order valence-corrected chi connectivity index (χ3v) is 2.86. The fourth-order valence-electron chi connectivity index (χ4n) is 1.19. The molecule has 0 saturated heterocycles. The third kappa shape index (κ3) is 9.94. The Morgan fingerprint density at radius 1 is 1.05 bits per heavy atom. The average molecular weight is 277 g/mol. The molecule has 1 atom stereocenters. The molecule has 0 fully saturated rings. The van der Waals surface area contributed by atoms with Crippen LogP contribution in [0.2, 0.25) is 0 Å². The molecule has 1 unspecified atom stereocenters. The first-order valence-electron chi connectivity index (χ1n) is 5.86. The van der Waals surface area contributed by atoms with Gasteiger partial charge in [-0.25, -0.2) is 0 Å². The van der Waals surface area contributed by atoms with Crippen molar-refractivity contribution >= 4 is 5.91 Å². The quantitative estimate of drug-likeness (QED) is 0.683. The molecule has 0 aromatic rings. The van der Waals surface area contributed by atoms with Gasteiger partial charge in [-0.05, 0) is 33.1 Å². The number of carbonyl (C=O) groups excluding carboxylic acids is 1. The molecule has 19 heavy (non-hydrogen) atoms. The molecule has 0 saturated carbocycles. The van der Waals surface area contributed by atoms with E-state index >= 15 is 0 Å². The minimum Gasteiger partial charge on any atom is -0.358 e. The van der Waals surface area contributed by atoms with Crippen molar-refractivity contribution in [3.63, 3.8) is 0 Å². The van der Waals surface area contributed by atoms with Crippen molar-refractivity contribution in [2.24, 2.45) is 5.41 Å². The van der Waals surface area contributed by atoms with E-state index in [1.54, 1.807) is 11.8 Å². The van der Waals surface area contributed by atoms with E-state index in [9.17, 15) is 4.79 Å². The van der Waals surface area contributed by atoms with Gasteiger partial charge in [0.1, 0.15) is 6.73 Å². The van der Waals surface area contributed by atoms with Crippen molar-refractivity contribution in [3.05, 3.63) is 0 Å². The van der Waals surface area contributed by atoms with E-state index in [4.69, 9.17) is 4.74 Å². The van der Waals surface area contributed by atoms with Crippen molar-refractivity contribution in [1.29, 1.82) is 0 Å². The summed E-state index contributed by atoms with van der Waals surface area (Å²) in [6.45, 7) is 16.4. The summed E-state index contributed by atoms with van der Waals surface area (Å²) in [5.74, 6) is 0.0496. The van der Waals surface area contributed by atoms with Gasteiger partial charge in [-0.3, -0.25) is 4.79 Å².